The average molecular weight is 485 g/mol. The Morgan fingerprint density at radius 2 is 1.86 bits per heavy atom. The molecule has 3 aliphatic rings. The highest BCUT2D eigenvalue weighted by Gasteiger charge is 2.35. The van der Waals surface area contributed by atoms with Crippen molar-refractivity contribution >= 4 is 5.84 Å². The fourth-order valence-electron chi connectivity index (χ4n) is 5.69. The van der Waals surface area contributed by atoms with Crippen LogP contribution in [-0.2, 0) is 6.54 Å². The third kappa shape index (κ3) is 5.76. The minimum atomic E-state index is -0.591. The van der Waals surface area contributed by atoms with Gasteiger partial charge in [0.05, 0.1) is 12.2 Å². The molecule has 0 radical (unpaired) electrons. The van der Waals surface area contributed by atoms with Crippen LogP contribution in [0.1, 0.15) is 36.8 Å². The molecular formula is C27H34F2N4O2. The van der Waals surface area contributed by atoms with Gasteiger partial charge in [0.2, 0.25) is 0 Å². The number of nitrogens with zero attached hydrogens (tertiary/aromatic N) is 4. The molecule has 188 valence electrons. The zero-order chi connectivity index (χ0) is 24.2. The topological polar surface area (TPSA) is 51.5 Å². The van der Waals surface area contributed by atoms with E-state index in [0.717, 1.165) is 56.4 Å². The Hall–Kier alpha value is -2.71. The van der Waals surface area contributed by atoms with Gasteiger partial charge in [0.25, 0.3) is 0 Å². The zero-order valence-corrected chi connectivity index (χ0v) is 20.1. The second-order valence-corrected chi connectivity index (χ2v) is 10.0. The first-order valence-corrected chi connectivity index (χ1v) is 12.7. The van der Waals surface area contributed by atoms with Crippen molar-refractivity contribution in [1.29, 1.82) is 0 Å². The predicted molar refractivity (Wildman–Crippen MR) is 131 cm³/mol. The molecule has 2 aromatic rings. The summed E-state index contributed by atoms with van der Waals surface area (Å²) in [7, 11) is 0. The maximum Gasteiger partial charge on any atom is 0.178 e. The minimum absolute atomic E-state index is 0.00463. The minimum Gasteiger partial charge on any atom is -0.493 e. The molecule has 0 saturated carbocycles. The maximum absolute atomic E-state index is 14.3. The van der Waals surface area contributed by atoms with Gasteiger partial charge in [0.1, 0.15) is 17.4 Å². The van der Waals surface area contributed by atoms with E-state index in [2.05, 4.69) is 33.2 Å². The number of fused-ring (bicyclic) bond motifs is 1. The van der Waals surface area contributed by atoms with Crippen molar-refractivity contribution in [3.05, 3.63) is 65.2 Å². The van der Waals surface area contributed by atoms with E-state index in [0.29, 0.717) is 25.6 Å². The summed E-state index contributed by atoms with van der Waals surface area (Å²) in [5, 5.41) is 12.9. The summed E-state index contributed by atoms with van der Waals surface area (Å²) in [6.45, 7) is 7.01. The van der Waals surface area contributed by atoms with Crippen LogP contribution in [0.4, 0.5) is 8.78 Å². The second kappa shape index (κ2) is 10.9. The van der Waals surface area contributed by atoms with Gasteiger partial charge in [-0.15, -0.1) is 0 Å². The summed E-state index contributed by atoms with van der Waals surface area (Å²) in [6.07, 6.45) is 4.62. The van der Waals surface area contributed by atoms with Gasteiger partial charge < -0.3 is 14.8 Å². The van der Waals surface area contributed by atoms with E-state index < -0.39 is 11.6 Å². The SMILES string of the molecule is ON=C(c1cc(F)ccc1F)N1CCN2C[C@@H](COc3cccc(CN4CCCC4)c3)CC[C@H]2C1. The normalized spacial score (nSPS) is 23.9. The van der Waals surface area contributed by atoms with Gasteiger partial charge >= 0.3 is 0 Å². The number of amidine groups is 1. The Morgan fingerprint density at radius 1 is 1.00 bits per heavy atom. The van der Waals surface area contributed by atoms with Gasteiger partial charge in [-0.05, 0) is 74.7 Å². The monoisotopic (exact) mass is 484 g/mol. The van der Waals surface area contributed by atoms with E-state index in [-0.39, 0.29) is 17.4 Å². The Bertz CT molecular complexity index is 1040. The lowest BCUT2D eigenvalue weighted by atomic mass is 9.91. The Labute approximate surface area is 205 Å². The number of piperazine rings is 1. The van der Waals surface area contributed by atoms with Gasteiger partial charge in [-0.1, -0.05) is 17.3 Å². The number of hydrogen-bond acceptors (Lipinski definition) is 5. The van der Waals surface area contributed by atoms with Gasteiger partial charge in [-0.3, -0.25) is 9.80 Å². The van der Waals surface area contributed by atoms with E-state index in [1.807, 2.05) is 11.0 Å². The van der Waals surface area contributed by atoms with Crippen LogP contribution in [0.25, 0.3) is 0 Å². The molecule has 3 heterocycles. The molecule has 8 heteroatoms. The molecule has 3 fully saturated rings. The van der Waals surface area contributed by atoms with Crippen LogP contribution < -0.4 is 4.74 Å². The average Bonchev–Trinajstić information content (AvgIpc) is 3.38. The first-order chi connectivity index (χ1) is 17.1. The molecule has 0 spiro atoms. The van der Waals surface area contributed by atoms with Crippen LogP contribution in [0.5, 0.6) is 5.75 Å². The molecule has 0 aliphatic carbocycles. The largest absolute Gasteiger partial charge is 0.493 e. The van der Waals surface area contributed by atoms with Gasteiger partial charge in [0.15, 0.2) is 5.84 Å². The van der Waals surface area contributed by atoms with Gasteiger partial charge in [0, 0.05) is 44.7 Å². The molecule has 2 atom stereocenters. The maximum atomic E-state index is 14.3. The lowest BCUT2D eigenvalue weighted by Crippen LogP contribution is -2.58. The number of piperidine rings is 1. The number of benzene rings is 2. The fourth-order valence-corrected chi connectivity index (χ4v) is 5.69. The number of rotatable bonds is 6. The lowest BCUT2D eigenvalue weighted by molar-refractivity contribution is 0.0381. The van der Waals surface area contributed by atoms with Crippen LogP contribution in [-0.4, -0.2) is 77.7 Å². The fraction of sp³-hybridized carbons (Fsp3) is 0.519. The van der Waals surface area contributed by atoms with Crippen LogP contribution in [0.2, 0.25) is 0 Å². The Balaban J connectivity index is 1.13. The number of halogens is 2. The predicted octanol–water partition coefficient (Wildman–Crippen LogP) is 4.17. The summed E-state index contributed by atoms with van der Waals surface area (Å²) in [5.74, 6) is 0.345. The third-order valence-electron chi connectivity index (χ3n) is 7.56. The highest BCUT2D eigenvalue weighted by Crippen LogP contribution is 2.28. The van der Waals surface area contributed by atoms with Crippen molar-refractivity contribution in [3.8, 4) is 5.75 Å². The molecule has 5 rings (SSSR count). The Morgan fingerprint density at radius 3 is 2.69 bits per heavy atom. The smallest absolute Gasteiger partial charge is 0.178 e. The highest BCUT2D eigenvalue weighted by atomic mass is 19.1. The van der Waals surface area contributed by atoms with Gasteiger partial charge in [-0.25, -0.2) is 8.78 Å². The van der Waals surface area contributed by atoms with Crippen molar-refractivity contribution in [3.63, 3.8) is 0 Å². The number of hydrogen-bond donors (Lipinski definition) is 1. The number of oxime groups is 1. The van der Waals surface area contributed by atoms with E-state index in [1.165, 1.54) is 31.5 Å². The van der Waals surface area contributed by atoms with Crippen LogP contribution >= 0.6 is 0 Å². The quantitative estimate of drug-likeness (QED) is 0.289. The van der Waals surface area contributed by atoms with Crippen molar-refractivity contribution in [2.75, 3.05) is 45.9 Å². The molecule has 3 saturated heterocycles. The zero-order valence-electron chi connectivity index (χ0n) is 20.1. The first-order valence-electron chi connectivity index (χ1n) is 12.7. The second-order valence-electron chi connectivity index (χ2n) is 10.0. The lowest BCUT2D eigenvalue weighted by Gasteiger charge is -2.46. The number of likely N-dealkylation sites (tertiary alicyclic amines) is 1. The summed E-state index contributed by atoms with van der Waals surface area (Å²) < 4.78 is 34.2. The van der Waals surface area contributed by atoms with Crippen molar-refractivity contribution < 1.29 is 18.7 Å². The van der Waals surface area contributed by atoms with E-state index in [9.17, 15) is 14.0 Å². The van der Waals surface area contributed by atoms with Gasteiger partial charge in [-0.2, -0.15) is 0 Å². The molecule has 0 unspecified atom stereocenters. The molecule has 0 amide bonds. The summed E-state index contributed by atoms with van der Waals surface area (Å²) in [4.78, 5) is 6.81. The molecule has 2 aromatic carbocycles. The molecule has 1 N–H and O–H groups in total. The molecule has 6 nitrogen and oxygen atoms in total. The summed E-state index contributed by atoms with van der Waals surface area (Å²) in [5.41, 5.74) is 1.30. The Kier molecular flexibility index (Phi) is 7.48. The van der Waals surface area contributed by atoms with E-state index >= 15 is 0 Å². The van der Waals surface area contributed by atoms with Crippen LogP contribution in [0.15, 0.2) is 47.6 Å². The van der Waals surface area contributed by atoms with Crippen molar-refractivity contribution in [2.24, 2.45) is 11.1 Å². The van der Waals surface area contributed by atoms with E-state index in [4.69, 9.17) is 4.74 Å². The molecule has 35 heavy (non-hydrogen) atoms. The molecular weight excluding hydrogens is 450 g/mol. The van der Waals surface area contributed by atoms with Crippen LogP contribution in [0, 0.1) is 17.6 Å². The number of ether oxygens (including phenoxy) is 1. The summed E-state index contributed by atoms with van der Waals surface area (Å²) >= 11 is 0. The molecule has 0 aromatic heterocycles. The van der Waals surface area contributed by atoms with Crippen molar-refractivity contribution in [1.82, 2.24) is 14.7 Å². The van der Waals surface area contributed by atoms with E-state index in [1.54, 1.807) is 0 Å². The highest BCUT2D eigenvalue weighted by molar-refractivity contribution is 5.98. The van der Waals surface area contributed by atoms with Crippen molar-refractivity contribution in [2.45, 2.75) is 38.3 Å². The molecule has 3 aliphatic heterocycles. The summed E-state index contributed by atoms with van der Waals surface area (Å²) in [6, 6.07) is 12.0. The third-order valence-corrected chi connectivity index (χ3v) is 7.56. The standard InChI is InChI=1S/C27H34F2N4O2/c28-22-7-9-26(29)25(15-22)27(30-34)33-13-12-32-17-21(6-8-23(32)18-33)19-35-24-5-3-4-20(14-24)16-31-10-1-2-11-31/h3-5,7,9,14-15,21,23,34H,1-2,6,8,10-13,16-19H2/t21-,23-/m0/s1. The van der Waals surface area contributed by atoms with Crippen LogP contribution in [0.3, 0.4) is 0 Å². The first kappa shape index (κ1) is 24.0. The molecule has 0 bridgehead atoms.